The second-order valence-corrected chi connectivity index (χ2v) is 5.51. The zero-order chi connectivity index (χ0) is 14.2. The Morgan fingerprint density at radius 1 is 1.32 bits per heavy atom. The maximum Gasteiger partial charge on any atom is 0.335 e. The average Bonchev–Trinajstić information content (AvgIpc) is 2.77. The van der Waals surface area contributed by atoms with Crippen LogP contribution in [0.1, 0.15) is 42.6 Å². The molecule has 0 aliphatic carbocycles. The molecule has 19 heavy (non-hydrogen) atoms. The molecule has 2 rings (SSSR count). The molecule has 0 saturated carbocycles. The molecule has 100 valence electrons. The number of benzene rings is 1. The Morgan fingerprint density at radius 3 is 2.47 bits per heavy atom. The Hall–Kier alpha value is -2.17. The molecule has 0 saturated heterocycles. The van der Waals surface area contributed by atoms with Gasteiger partial charge in [0.2, 0.25) is 11.7 Å². The van der Waals surface area contributed by atoms with E-state index in [-0.39, 0.29) is 11.0 Å². The van der Waals surface area contributed by atoms with Gasteiger partial charge in [-0.25, -0.2) is 4.79 Å². The van der Waals surface area contributed by atoms with E-state index >= 15 is 0 Å². The largest absolute Gasteiger partial charge is 0.478 e. The van der Waals surface area contributed by atoms with Gasteiger partial charge < -0.3 is 9.63 Å². The number of carboxylic acids is 1. The first kappa shape index (κ1) is 13.3. The maximum absolute atomic E-state index is 10.9. The minimum absolute atomic E-state index is 0.208. The number of rotatable bonds is 2. The highest BCUT2D eigenvalue weighted by Crippen LogP contribution is 2.26. The van der Waals surface area contributed by atoms with E-state index in [0.29, 0.717) is 11.7 Å². The Balaban J connectivity index is 2.43. The van der Waals surface area contributed by atoms with Crippen molar-refractivity contribution in [3.8, 4) is 11.4 Å². The van der Waals surface area contributed by atoms with Crippen molar-refractivity contribution in [1.82, 2.24) is 10.1 Å². The van der Waals surface area contributed by atoms with Crippen LogP contribution in [0.3, 0.4) is 0 Å². The predicted octanol–water partition coefficient (Wildman–Crippen LogP) is 3.04. The fourth-order valence-corrected chi connectivity index (χ4v) is 1.69. The number of carboxylic acid groups (broad SMARTS) is 1. The van der Waals surface area contributed by atoms with E-state index in [1.807, 2.05) is 27.7 Å². The Morgan fingerprint density at radius 2 is 2.00 bits per heavy atom. The third-order valence-corrected chi connectivity index (χ3v) is 2.78. The summed E-state index contributed by atoms with van der Waals surface area (Å²) in [7, 11) is 0. The lowest BCUT2D eigenvalue weighted by molar-refractivity contribution is 0.0697. The third kappa shape index (κ3) is 2.65. The molecule has 0 spiro atoms. The molecule has 0 aliphatic heterocycles. The lowest BCUT2D eigenvalue weighted by atomic mass is 9.97. The molecule has 1 N–H and O–H groups in total. The monoisotopic (exact) mass is 260 g/mol. The molecule has 0 aliphatic rings. The van der Waals surface area contributed by atoms with Crippen molar-refractivity contribution in [1.29, 1.82) is 0 Å². The zero-order valence-electron chi connectivity index (χ0n) is 11.4. The minimum atomic E-state index is -0.946. The summed E-state index contributed by atoms with van der Waals surface area (Å²) >= 11 is 0. The van der Waals surface area contributed by atoms with Gasteiger partial charge in [0.1, 0.15) is 0 Å². The summed E-state index contributed by atoms with van der Waals surface area (Å²) in [4.78, 5) is 15.2. The van der Waals surface area contributed by atoms with Crippen LogP contribution in [0.4, 0.5) is 0 Å². The van der Waals surface area contributed by atoms with Gasteiger partial charge in [-0.2, -0.15) is 4.98 Å². The molecule has 1 aromatic carbocycles. The van der Waals surface area contributed by atoms with Crippen LogP contribution in [0.25, 0.3) is 11.4 Å². The van der Waals surface area contributed by atoms with E-state index in [4.69, 9.17) is 9.63 Å². The standard InChI is InChI=1S/C14H16N2O3/c1-8-7-9(12(17)18)5-6-10(8)11-15-13(19-16-11)14(2,3)4/h5-7H,1-4H3,(H,17,18). The Kier molecular flexibility index (Phi) is 3.14. The van der Waals surface area contributed by atoms with Crippen molar-refractivity contribution in [3.05, 3.63) is 35.2 Å². The number of hydrogen-bond acceptors (Lipinski definition) is 4. The normalized spacial score (nSPS) is 11.6. The van der Waals surface area contributed by atoms with E-state index in [0.717, 1.165) is 11.1 Å². The molecule has 0 atom stereocenters. The molecular weight excluding hydrogens is 244 g/mol. The summed E-state index contributed by atoms with van der Waals surface area (Å²) in [6, 6.07) is 4.85. The highest BCUT2D eigenvalue weighted by Gasteiger charge is 2.22. The van der Waals surface area contributed by atoms with Gasteiger partial charge in [0.25, 0.3) is 0 Å². The average molecular weight is 260 g/mol. The molecule has 2 aromatic rings. The summed E-state index contributed by atoms with van der Waals surface area (Å²) in [6.45, 7) is 7.80. The predicted molar refractivity (Wildman–Crippen MR) is 70.1 cm³/mol. The highest BCUT2D eigenvalue weighted by molar-refractivity contribution is 5.88. The van der Waals surface area contributed by atoms with Gasteiger partial charge in [-0.3, -0.25) is 0 Å². The molecule has 0 unspecified atom stereocenters. The molecule has 0 amide bonds. The summed E-state index contributed by atoms with van der Waals surface area (Å²) in [5, 5.41) is 12.9. The molecule has 0 bridgehead atoms. The second kappa shape index (κ2) is 4.50. The van der Waals surface area contributed by atoms with Crippen molar-refractivity contribution >= 4 is 5.97 Å². The van der Waals surface area contributed by atoms with Crippen LogP contribution in [0.15, 0.2) is 22.7 Å². The lowest BCUT2D eigenvalue weighted by Crippen LogP contribution is -2.11. The van der Waals surface area contributed by atoms with Crippen LogP contribution in [0.5, 0.6) is 0 Å². The number of aromatic carboxylic acids is 1. The molecule has 0 fully saturated rings. The van der Waals surface area contributed by atoms with E-state index in [1.165, 1.54) is 6.07 Å². The first-order chi connectivity index (χ1) is 8.79. The molecule has 1 aromatic heterocycles. The second-order valence-electron chi connectivity index (χ2n) is 5.51. The summed E-state index contributed by atoms with van der Waals surface area (Å²) in [5.41, 5.74) is 1.63. The summed E-state index contributed by atoms with van der Waals surface area (Å²) < 4.78 is 5.24. The van der Waals surface area contributed by atoms with Crippen LogP contribution in [0.2, 0.25) is 0 Å². The first-order valence-corrected chi connectivity index (χ1v) is 5.97. The fraction of sp³-hybridized carbons (Fsp3) is 0.357. The lowest BCUT2D eigenvalue weighted by Gasteiger charge is -2.10. The molecular formula is C14H16N2O3. The van der Waals surface area contributed by atoms with Crippen molar-refractivity contribution in [2.24, 2.45) is 0 Å². The SMILES string of the molecule is Cc1cc(C(=O)O)ccc1-c1noc(C(C)(C)C)n1. The molecule has 1 heterocycles. The minimum Gasteiger partial charge on any atom is -0.478 e. The number of hydrogen-bond donors (Lipinski definition) is 1. The quantitative estimate of drug-likeness (QED) is 0.898. The number of carbonyl (C=O) groups is 1. The van der Waals surface area contributed by atoms with Gasteiger partial charge >= 0.3 is 5.97 Å². The van der Waals surface area contributed by atoms with Crippen molar-refractivity contribution in [2.45, 2.75) is 33.1 Å². The third-order valence-electron chi connectivity index (χ3n) is 2.78. The van der Waals surface area contributed by atoms with Crippen LogP contribution in [-0.2, 0) is 5.41 Å². The van der Waals surface area contributed by atoms with Crippen LogP contribution in [-0.4, -0.2) is 21.2 Å². The van der Waals surface area contributed by atoms with Crippen LogP contribution in [0, 0.1) is 6.92 Å². The zero-order valence-corrected chi connectivity index (χ0v) is 11.4. The van der Waals surface area contributed by atoms with Crippen molar-refractivity contribution < 1.29 is 14.4 Å². The first-order valence-electron chi connectivity index (χ1n) is 5.97. The van der Waals surface area contributed by atoms with Crippen molar-refractivity contribution in [3.63, 3.8) is 0 Å². The van der Waals surface area contributed by atoms with E-state index in [9.17, 15) is 4.79 Å². The number of aryl methyl sites for hydroxylation is 1. The van der Waals surface area contributed by atoms with Gasteiger partial charge in [-0.1, -0.05) is 25.9 Å². The van der Waals surface area contributed by atoms with Gasteiger partial charge in [0, 0.05) is 11.0 Å². The smallest absolute Gasteiger partial charge is 0.335 e. The topological polar surface area (TPSA) is 76.2 Å². The van der Waals surface area contributed by atoms with Crippen molar-refractivity contribution in [2.75, 3.05) is 0 Å². The maximum atomic E-state index is 10.9. The van der Waals surface area contributed by atoms with E-state index < -0.39 is 5.97 Å². The van der Waals surface area contributed by atoms with Gasteiger partial charge in [0.05, 0.1) is 5.56 Å². The van der Waals surface area contributed by atoms with Crippen LogP contribution >= 0.6 is 0 Å². The van der Waals surface area contributed by atoms with E-state index in [2.05, 4.69) is 10.1 Å². The van der Waals surface area contributed by atoms with Gasteiger partial charge in [0.15, 0.2) is 0 Å². The van der Waals surface area contributed by atoms with Gasteiger partial charge in [-0.05, 0) is 30.7 Å². The summed E-state index contributed by atoms with van der Waals surface area (Å²) in [6.07, 6.45) is 0. The molecule has 0 radical (unpaired) electrons. The number of aromatic nitrogens is 2. The molecule has 5 heteroatoms. The number of nitrogens with zero attached hydrogens (tertiary/aromatic N) is 2. The Labute approximate surface area is 111 Å². The van der Waals surface area contributed by atoms with Crippen LogP contribution < -0.4 is 0 Å². The Bertz CT molecular complexity index is 624. The van der Waals surface area contributed by atoms with Gasteiger partial charge in [-0.15, -0.1) is 0 Å². The fourth-order valence-electron chi connectivity index (χ4n) is 1.69. The van der Waals surface area contributed by atoms with E-state index in [1.54, 1.807) is 12.1 Å². The highest BCUT2D eigenvalue weighted by atomic mass is 16.5. The molecule has 5 nitrogen and oxygen atoms in total. The summed E-state index contributed by atoms with van der Waals surface area (Å²) in [5.74, 6) is 0.0988.